The molecular formula is C26H27N3O7. The molecule has 2 saturated heterocycles. The maximum absolute atomic E-state index is 13.0. The van der Waals surface area contributed by atoms with Gasteiger partial charge in [-0.05, 0) is 74.5 Å². The number of amides is 3. The molecule has 1 unspecified atom stereocenters. The molecule has 1 atom stereocenters. The standard InChI is InChI=1S/C26H27N3O7/c1-35-20-8-4-16(5-9-20)22(30)15-36-26(34)18-2-6-19(7-3-18)29-23(31)14-21(25(29)33)28-12-10-17(11-13-28)24(27)32/h2-9,17,21H,10-15H2,1H3,(H2,27,32). The molecule has 2 fully saturated rings. The Balaban J connectivity index is 1.34. The van der Waals surface area contributed by atoms with Crippen LogP contribution in [0.2, 0.25) is 0 Å². The van der Waals surface area contributed by atoms with E-state index in [9.17, 15) is 24.0 Å². The fourth-order valence-electron chi connectivity index (χ4n) is 4.49. The fraction of sp³-hybridized carbons (Fsp3) is 0.346. The van der Waals surface area contributed by atoms with Gasteiger partial charge in [-0.2, -0.15) is 0 Å². The molecule has 0 aromatic heterocycles. The number of piperidine rings is 1. The quantitative estimate of drug-likeness (QED) is 0.332. The summed E-state index contributed by atoms with van der Waals surface area (Å²) in [6.45, 7) is 0.612. The Morgan fingerprint density at radius 3 is 2.14 bits per heavy atom. The highest BCUT2D eigenvalue weighted by Gasteiger charge is 2.43. The van der Waals surface area contributed by atoms with E-state index in [1.54, 1.807) is 24.3 Å². The molecule has 4 rings (SSSR count). The van der Waals surface area contributed by atoms with Gasteiger partial charge in [0, 0.05) is 11.5 Å². The van der Waals surface area contributed by atoms with E-state index in [-0.39, 0.29) is 41.4 Å². The summed E-state index contributed by atoms with van der Waals surface area (Å²) in [6.07, 6.45) is 1.17. The maximum atomic E-state index is 13.0. The lowest BCUT2D eigenvalue weighted by molar-refractivity contribution is -0.124. The number of Topliss-reactive ketones (excluding diaryl/α,β-unsaturated/α-hetero) is 1. The first-order chi connectivity index (χ1) is 17.3. The topological polar surface area (TPSA) is 136 Å². The molecule has 2 aliphatic rings. The molecule has 2 heterocycles. The predicted octanol–water partition coefficient (Wildman–Crippen LogP) is 1.56. The smallest absolute Gasteiger partial charge is 0.338 e. The number of imide groups is 1. The Labute approximate surface area is 207 Å². The van der Waals surface area contributed by atoms with E-state index in [0.29, 0.717) is 42.9 Å². The monoisotopic (exact) mass is 493 g/mol. The number of benzene rings is 2. The summed E-state index contributed by atoms with van der Waals surface area (Å²) in [5.41, 5.74) is 6.30. The first-order valence-electron chi connectivity index (χ1n) is 11.6. The molecule has 188 valence electrons. The third-order valence-electron chi connectivity index (χ3n) is 6.60. The summed E-state index contributed by atoms with van der Waals surface area (Å²) in [5, 5.41) is 0. The normalized spacial score (nSPS) is 18.8. The lowest BCUT2D eigenvalue weighted by Gasteiger charge is -2.33. The van der Waals surface area contributed by atoms with Gasteiger partial charge in [-0.3, -0.25) is 24.1 Å². The van der Waals surface area contributed by atoms with Crippen LogP contribution in [0, 0.1) is 5.92 Å². The van der Waals surface area contributed by atoms with Crippen molar-refractivity contribution in [2.75, 3.05) is 31.7 Å². The van der Waals surface area contributed by atoms with Gasteiger partial charge in [-0.15, -0.1) is 0 Å². The summed E-state index contributed by atoms with van der Waals surface area (Å²) in [6, 6.07) is 11.8. The molecule has 36 heavy (non-hydrogen) atoms. The van der Waals surface area contributed by atoms with Gasteiger partial charge in [0.1, 0.15) is 5.75 Å². The third kappa shape index (κ3) is 5.28. The summed E-state index contributed by atoms with van der Waals surface area (Å²) < 4.78 is 10.2. The van der Waals surface area contributed by atoms with E-state index in [2.05, 4.69) is 0 Å². The largest absolute Gasteiger partial charge is 0.497 e. The average molecular weight is 494 g/mol. The molecule has 2 aromatic rings. The van der Waals surface area contributed by atoms with Gasteiger partial charge in [0.15, 0.2) is 12.4 Å². The van der Waals surface area contributed by atoms with Crippen LogP contribution in [0.4, 0.5) is 5.69 Å². The number of nitrogens with two attached hydrogens (primary N) is 1. The van der Waals surface area contributed by atoms with Crippen molar-refractivity contribution in [3.05, 3.63) is 59.7 Å². The summed E-state index contributed by atoms with van der Waals surface area (Å²) in [5.74, 6) is -1.66. The molecular weight excluding hydrogens is 466 g/mol. The second-order valence-corrected chi connectivity index (χ2v) is 8.77. The zero-order valence-corrected chi connectivity index (χ0v) is 19.8. The first kappa shape index (κ1) is 25.1. The minimum Gasteiger partial charge on any atom is -0.497 e. The summed E-state index contributed by atoms with van der Waals surface area (Å²) in [7, 11) is 1.52. The highest BCUT2D eigenvalue weighted by Crippen LogP contribution is 2.29. The number of rotatable bonds is 8. The van der Waals surface area contributed by atoms with Crippen molar-refractivity contribution in [1.29, 1.82) is 0 Å². The molecule has 3 amide bonds. The van der Waals surface area contributed by atoms with Gasteiger partial charge < -0.3 is 15.2 Å². The number of nitrogens with zero attached hydrogens (tertiary/aromatic N) is 2. The van der Waals surface area contributed by atoms with E-state index in [0.717, 1.165) is 4.90 Å². The highest BCUT2D eigenvalue weighted by atomic mass is 16.5. The van der Waals surface area contributed by atoms with Crippen LogP contribution in [0.15, 0.2) is 48.5 Å². The number of hydrogen-bond acceptors (Lipinski definition) is 8. The van der Waals surface area contributed by atoms with Crippen molar-refractivity contribution < 1.29 is 33.4 Å². The van der Waals surface area contributed by atoms with Gasteiger partial charge in [0.05, 0.1) is 30.8 Å². The SMILES string of the molecule is COc1ccc(C(=O)COC(=O)c2ccc(N3C(=O)CC(N4CCC(C(N)=O)CC4)C3=O)cc2)cc1. The van der Waals surface area contributed by atoms with E-state index in [1.165, 1.54) is 31.4 Å². The minimum atomic E-state index is -0.697. The second-order valence-electron chi connectivity index (χ2n) is 8.77. The Kier molecular flexibility index (Phi) is 7.44. The lowest BCUT2D eigenvalue weighted by atomic mass is 9.95. The first-order valence-corrected chi connectivity index (χ1v) is 11.6. The Morgan fingerprint density at radius 1 is 0.944 bits per heavy atom. The van der Waals surface area contributed by atoms with Crippen LogP contribution in [-0.4, -0.2) is 67.2 Å². The molecule has 2 N–H and O–H groups in total. The zero-order valence-electron chi connectivity index (χ0n) is 19.8. The third-order valence-corrected chi connectivity index (χ3v) is 6.60. The Bertz CT molecular complexity index is 1170. The van der Waals surface area contributed by atoms with Crippen molar-refractivity contribution in [3.8, 4) is 5.75 Å². The summed E-state index contributed by atoms with van der Waals surface area (Å²) in [4.78, 5) is 64.8. The highest BCUT2D eigenvalue weighted by molar-refractivity contribution is 6.22. The number of methoxy groups -OCH3 is 1. The van der Waals surface area contributed by atoms with E-state index in [4.69, 9.17) is 15.2 Å². The number of ether oxygens (including phenoxy) is 2. The number of carbonyl (C=O) groups excluding carboxylic acids is 5. The lowest BCUT2D eigenvalue weighted by Crippen LogP contribution is -2.47. The van der Waals surface area contributed by atoms with Crippen LogP contribution < -0.4 is 15.4 Å². The van der Waals surface area contributed by atoms with Crippen LogP contribution in [-0.2, 0) is 19.1 Å². The molecule has 0 radical (unpaired) electrons. The van der Waals surface area contributed by atoms with Crippen LogP contribution in [0.25, 0.3) is 0 Å². The van der Waals surface area contributed by atoms with Crippen molar-refractivity contribution in [3.63, 3.8) is 0 Å². The van der Waals surface area contributed by atoms with Crippen molar-refractivity contribution in [2.24, 2.45) is 11.7 Å². The van der Waals surface area contributed by atoms with Gasteiger partial charge in [-0.1, -0.05) is 0 Å². The molecule has 2 aromatic carbocycles. The number of carbonyl (C=O) groups is 5. The van der Waals surface area contributed by atoms with Gasteiger partial charge in [0.2, 0.25) is 11.8 Å². The molecule has 0 aliphatic carbocycles. The average Bonchev–Trinajstić information content (AvgIpc) is 3.20. The molecule has 0 spiro atoms. The van der Waals surface area contributed by atoms with Crippen molar-refractivity contribution in [1.82, 2.24) is 4.90 Å². The fourth-order valence-corrected chi connectivity index (χ4v) is 4.49. The van der Waals surface area contributed by atoms with E-state index in [1.807, 2.05) is 4.90 Å². The molecule has 10 heteroatoms. The summed E-state index contributed by atoms with van der Waals surface area (Å²) >= 11 is 0. The van der Waals surface area contributed by atoms with Crippen LogP contribution >= 0.6 is 0 Å². The molecule has 0 saturated carbocycles. The maximum Gasteiger partial charge on any atom is 0.338 e. The van der Waals surface area contributed by atoms with Crippen LogP contribution in [0.1, 0.15) is 40.0 Å². The van der Waals surface area contributed by atoms with E-state index >= 15 is 0 Å². The Morgan fingerprint density at radius 2 is 1.56 bits per heavy atom. The second kappa shape index (κ2) is 10.7. The molecule has 2 aliphatic heterocycles. The van der Waals surface area contributed by atoms with Crippen molar-refractivity contribution >= 4 is 35.2 Å². The number of esters is 1. The van der Waals surface area contributed by atoms with Gasteiger partial charge in [-0.25, -0.2) is 9.69 Å². The van der Waals surface area contributed by atoms with Crippen LogP contribution in [0.3, 0.4) is 0 Å². The molecule has 0 bridgehead atoms. The van der Waals surface area contributed by atoms with Crippen LogP contribution in [0.5, 0.6) is 5.75 Å². The number of likely N-dealkylation sites (tertiary alicyclic amines) is 1. The predicted molar refractivity (Wildman–Crippen MR) is 128 cm³/mol. The molecule has 10 nitrogen and oxygen atoms in total. The number of anilines is 1. The number of hydrogen-bond donors (Lipinski definition) is 1. The number of ketones is 1. The Hall–Kier alpha value is -4.05. The van der Waals surface area contributed by atoms with E-state index < -0.39 is 18.6 Å². The minimum absolute atomic E-state index is 0.0529. The van der Waals surface area contributed by atoms with Gasteiger partial charge in [0.25, 0.3) is 5.91 Å². The van der Waals surface area contributed by atoms with Gasteiger partial charge >= 0.3 is 5.97 Å². The number of primary amides is 1. The zero-order chi connectivity index (χ0) is 25.8. The van der Waals surface area contributed by atoms with Crippen molar-refractivity contribution in [2.45, 2.75) is 25.3 Å².